The lowest BCUT2D eigenvalue weighted by atomic mass is 10.1. The standard InChI is InChI=1S/C22H23FN4/c23-18-10-8-17(9-11-18)21-16-27-20-7-3-2-6-19(20)24-22(27)26(21)15-14-25-12-4-1-5-13-25/h2-3,6-11,16H,1,4-5,12-15H2. The molecule has 1 fully saturated rings. The summed E-state index contributed by atoms with van der Waals surface area (Å²) in [6.45, 7) is 4.26. The van der Waals surface area contributed by atoms with E-state index in [1.165, 1.54) is 44.5 Å². The summed E-state index contributed by atoms with van der Waals surface area (Å²) in [6.07, 6.45) is 6.06. The third-order valence-corrected chi connectivity index (χ3v) is 5.59. The quantitative estimate of drug-likeness (QED) is 0.531. The molecule has 0 unspecified atom stereocenters. The molecule has 3 heterocycles. The van der Waals surface area contributed by atoms with E-state index >= 15 is 0 Å². The van der Waals surface area contributed by atoms with Crippen LogP contribution in [-0.2, 0) is 6.54 Å². The van der Waals surface area contributed by atoms with Gasteiger partial charge in [0.15, 0.2) is 0 Å². The van der Waals surface area contributed by atoms with Crippen LogP contribution >= 0.6 is 0 Å². The van der Waals surface area contributed by atoms with E-state index in [9.17, 15) is 4.39 Å². The minimum absolute atomic E-state index is 0.208. The first kappa shape index (κ1) is 16.5. The summed E-state index contributed by atoms with van der Waals surface area (Å²) in [6, 6.07) is 15.0. The fourth-order valence-electron chi connectivity index (χ4n) is 4.15. The Balaban J connectivity index is 1.59. The first-order chi connectivity index (χ1) is 13.3. The first-order valence-electron chi connectivity index (χ1n) is 9.74. The lowest BCUT2D eigenvalue weighted by Crippen LogP contribution is -2.32. The molecule has 0 aliphatic carbocycles. The molecule has 0 N–H and O–H groups in total. The predicted octanol–water partition coefficient (Wildman–Crippen LogP) is 4.58. The number of benzene rings is 2. The number of imidazole rings is 2. The van der Waals surface area contributed by atoms with Crippen LogP contribution in [0.4, 0.5) is 4.39 Å². The number of para-hydroxylation sites is 2. The summed E-state index contributed by atoms with van der Waals surface area (Å²) in [4.78, 5) is 7.41. The second kappa shape index (κ2) is 6.82. The topological polar surface area (TPSA) is 25.5 Å². The Labute approximate surface area is 157 Å². The van der Waals surface area contributed by atoms with Gasteiger partial charge in [-0.3, -0.25) is 4.40 Å². The lowest BCUT2D eigenvalue weighted by molar-refractivity contribution is 0.222. The maximum atomic E-state index is 13.4. The summed E-state index contributed by atoms with van der Waals surface area (Å²) in [5, 5.41) is 0. The molecule has 0 radical (unpaired) electrons. The summed E-state index contributed by atoms with van der Waals surface area (Å²) >= 11 is 0. The van der Waals surface area contributed by atoms with Crippen LogP contribution in [0.3, 0.4) is 0 Å². The second-order valence-corrected chi connectivity index (χ2v) is 7.35. The van der Waals surface area contributed by atoms with E-state index in [4.69, 9.17) is 4.98 Å². The van der Waals surface area contributed by atoms with Crippen molar-refractivity contribution in [3.05, 3.63) is 60.5 Å². The van der Waals surface area contributed by atoms with Crippen molar-refractivity contribution in [2.24, 2.45) is 0 Å². The monoisotopic (exact) mass is 362 g/mol. The highest BCUT2D eigenvalue weighted by Gasteiger charge is 2.17. The molecular formula is C22H23FN4. The highest BCUT2D eigenvalue weighted by molar-refractivity contribution is 5.81. The molecule has 0 atom stereocenters. The van der Waals surface area contributed by atoms with E-state index < -0.39 is 0 Å². The molecule has 4 nitrogen and oxygen atoms in total. The minimum atomic E-state index is -0.208. The zero-order chi connectivity index (χ0) is 18.2. The molecule has 2 aromatic heterocycles. The molecule has 138 valence electrons. The Morgan fingerprint density at radius 3 is 2.48 bits per heavy atom. The molecule has 0 spiro atoms. The molecule has 1 aliphatic heterocycles. The smallest absolute Gasteiger partial charge is 0.215 e. The molecule has 1 saturated heterocycles. The van der Waals surface area contributed by atoms with Crippen LogP contribution in [-0.4, -0.2) is 38.5 Å². The van der Waals surface area contributed by atoms with Crippen LogP contribution in [0.2, 0.25) is 0 Å². The third kappa shape index (κ3) is 3.02. The number of nitrogens with zero attached hydrogens (tertiary/aromatic N) is 4. The van der Waals surface area contributed by atoms with Gasteiger partial charge in [-0.2, -0.15) is 0 Å². The SMILES string of the molecule is Fc1ccc(-c2cn3c4ccccc4nc3n2CCN2CCCCC2)cc1. The van der Waals surface area contributed by atoms with E-state index in [0.717, 1.165) is 41.2 Å². The molecule has 0 amide bonds. The van der Waals surface area contributed by atoms with E-state index in [2.05, 4.69) is 32.2 Å². The Hall–Kier alpha value is -2.66. The van der Waals surface area contributed by atoms with E-state index in [1.807, 2.05) is 24.3 Å². The van der Waals surface area contributed by atoms with Crippen LogP contribution in [0.25, 0.3) is 28.1 Å². The number of halogens is 1. The highest BCUT2D eigenvalue weighted by atomic mass is 19.1. The van der Waals surface area contributed by atoms with Gasteiger partial charge in [-0.15, -0.1) is 0 Å². The molecule has 5 rings (SSSR count). The maximum absolute atomic E-state index is 13.4. The Morgan fingerprint density at radius 1 is 0.889 bits per heavy atom. The Morgan fingerprint density at radius 2 is 1.67 bits per heavy atom. The average Bonchev–Trinajstić information content (AvgIpc) is 3.24. The van der Waals surface area contributed by atoms with Gasteiger partial charge in [0, 0.05) is 19.3 Å². The normalized spacial score (nSPS) is 15.7. The number of likely N-dealkylation sites (tertiary alicyclic amines) is 1. The van der Waals surface area contributed by atoms with Gasteiger partial charge in [0.1, 0.15) is 5.82 Å². The van der Waals surface area contributed by atoms with Crippen molar-refractivity contribution < 1.29 is 4.39 Å². The predicted molar refractivity (Wildman–Crippen MR) is 106 cm³/mol. The third-order valence-electron chi connectivity index (χ3n) is 5.59. The highest BCUT2D eigenvalue weighted by Crippen LogP contribution is 2.27. The van der Waals surface area contributed by atoms with Gasteiger partial charge in [-0.1, -0.05) is 18.6 Å². The van der Waals surface area contributed by atoms with Crippen LogP contribution in [0.15, 0.2) is 54.7 Å². The van der Waals surface area contributed by atoms with Gasteiger partial charge in [-0.05, 0) is 67.9 Å². The zero-order valence-electron chi connectivity index (χ0n) is 15.3. The van der Waals surface area contributed by atoms with Crippen molar-refractivity contribution in [3.63, 3.8) is 0 Å². The van der Waals surface area contributed by atoms with Crippen molar-refractivity contribution >= 4 is 16.8 Å². The fraction of sp³-hybridized carbons (Fsp3) is 0.318. The van der Waals surface area contributed by atoms with Crippen molar-refractivity contribution in [2.45, 2.75) is 25.8 Å². The van der Waals surface area contributed by atoms with Crippen molar-refractivity contribution in [3.8, 4) is 11.3 Å². The van der Waals surface area contributed by atoms with Gasteiger partial charge in [-0.25, -0.2) is 9.37 Å². The molecule has 1 aliphatic rings. The van der Waals surface area contributed by atoms with Crippen molar-refractivity contribution in [1.82, 2.24) is 18.9 Å². The van der Waals surface area contributed by atoms with Crippen LogP contribution in [0.1, 0.15) is 19.3 Å². The summed E-state index contributed by atoms with van der Waals surface area (Å²) < 4.78 is 17.9. The van der Waals surface area contributed by atoms with Gasteiger partial charge in [0.25, 0.3) is 0 Å². The van der Waals surface area contributed by atoms with Crippen LogP contribution in [0, 0.1) is 5.82 Å². The molecule has 0 bridgehead atoms. The van der Waals surface area contributed by atoms with Crippen LogP contribution in [0.5, 0.6) is 0 Å². The van der Waals surface area contributed by atoms with E-state index in [1.54, 1.807) is 0 Å². The van der Waals surface area contributed by atoms with Gasteiger partial charge in [0.05, 0.1) is 16.7 Å². The number of fused-ring (bicyclic) bond motifs is 3. The van der Waals surface area contributed by atoms with E-state index in [0.29, 0.717) is 0 Å². The van der Waals surface area contributed by atoms with Gasteiger partial charge >= 0.3 is 0 Å². The second-order valence-electron chi connectivity index (χ2n) is 7.35. The number of aromatic nitrogens is 3. The summed E-state index contributed by atoms with van der Waals surface area (Å²) in [5.74, 6) is 0.743. The fourth-order valence-corrected chi connectivity index (χ4v) is 4.15. The van der Waals surface area contributed by atoms with Crippen LogP contribution < -0.4 is 0 Å². The molecule has 2 aromatic carbocycles. The lowest BCUT2D eigenvalue weighted by Gasteiger charge is -2.26. The van der Waals surface area contributed by atoms with Crippen molar-refractivity contribution in [1.29, 1.82) is 0 Å². The van der Waals surface area contributed by atoms with Gasteiger partial charge < -0.3 is 9.47 Å². The number of piperidine rings is 1. The largest absolute Gasteiger partial charge is 0.308 e. The van der Waals surface area contributed by atoms with E-state index in [-0.39, 0.29) is 5.82 Å². The average molecular weight is 362 g/mol. The maximum Gasteiger partial charge on any atom is 0.215 e. The number of hydrogen-bond donors (Lipinski definition) is 0. The van der Waals surface area contributed by atoms with Gasteiger partial charge in [0.2, 0.25) is 5.78 Å². The first-order valence-corrected chi connectivity index (χ1v) is 9.74. The molecule has 27 heavy (non-hydrogen) atoms. The Kier molecular flexibility index (Phi) is 4.17. The Bertz CT molecular complexity index is 1070. The molecular weight excluding hydrogens is 339 g/mol. The van der Waals surface area contributed by atoms with Crippen molar-refractivity contribution in [2.75, 3.05) is 19.6 Å². The summed E-state index contributed by atoms with van der Waals surface area (Å²) in [7, 11) is 0. The summed E-state index contributed by atoms with van der Waals surface area (Å²) in [5.41, 5.74) is 4.21. The number of rotatable bonds is 4. The zero-order valence-corrected chi connectivity index (χ0v) is 15.3. The number of hydrogen-bond acceptors (Lipinski definition) is 2. The molecule has 0 saturated carbocycles. The molecule has 4 aromatic rings. The molecule has 5 heteroatoms. The minimum Gasteiger partial charge on any atom is -0.308 e.